The maximum Gasteiger partial charge on any atom is 0.248 e. The quantitative estimate of drug-likeness (QED) is 0.640. The van der Waals surface area contributed by atoms with Crippen LogP contribution >= 0.6 is 0 Å². The number of hydrogen-bond acceptors (Lipinski definition) is 6. The molecule has 0 radical (unpaired) electrons. The van der Waals surface area contributed by atoms with Crippen LogP contribution in [0.1, 0.15) is 5.56 Å². The molecule has 0 spiro atoms. The zero-order valence-electron chi connectivity index (χ0n) is 14.5. The first-order valence-electron chi connectivity index (χ1n) is 7.99. The van der Waals surface area contributed by atoms with E-state index in [0.717, 1.165) is 11.1 Å². The van der Waals surface area contributed by atoms with Crippen molar-refractivity contribution in [1.82, 2.24) is 14.9 Å². The highest BCUT2D eigenvalue weighted by molar-refractivity contribution is 7.89. The number of ether oxygens (including phenoxy) is 1. The molecule has 0 bridgehead atoms. The van der Waals surface area contributed by atoms with Crippen molar-refractivity contribution >= 4 is 10.0 Å². The summed E-state index contributed by atoms with van der Waals surface area (Å²) < 4.78 is 37.7. The maximum absolute atomic E-state index is 12.3. The number of nitrogens with zero attached hydrogens (tertiary/aromatic N) is 2. The van der Waals surface area contributed by atoms with E-state index >= 15 is 0 Å². The average Bonchev–Trinajstić information content (AvgIpc) is 3.13. The normalized spacial score (nSPS) is 11.6. The minimum Gasteiger partial charge on any atom is -0.416 e. The Morgan fingerprint density at radius 2 is 1.73 bits per heavy atom. The van der Waals surface area contributed by atoms with E-state index in [4.69, 9.17) is 9.15 Å². The highest BCUT2D eigenvalue weighted by atomic mass is 32.2. The predicted octanol–water partition coefficient (Wildman–Crippen LogP) is 2.64. The highest BCUT2D eigenvalue weighted by Gasteiger charge is 2.16. The first-order valence-corrected chi connectivity index (χ1v) is 9.47. The van der Waals surface area contributed by atoms with Crippen molar-refractivity contribution in [2.45, 2.75) is 11.8 Å². The predicted molar refractivity (Wildman–Crippen MR) is 97.0 cm³/mol. The fourth-order valence-corrected chi connectivity index (χ4v) is 3.37. The summed E-state index contributed by atoms with van der Waals surface area (Å²) in [6.07, 6.45) is 0. The number of sulfonamides is 1. The molecule has 3 rings (SSSR count). The molecular formula is C18H19N3O4S. The van der Waals surface area contributed by atoms with Crippen LogP contribution in [0.2, 0.25) is 0 Å². The Bertz CT molecular complexity index is 982. The summed E-state index contributed by atoms with van der Waals surface area (Å²) in [5.41, 5.74) is 2.47. The van der Waals surface area contributed by atoms with E-state index in [-0.39, 0.29) is 17.3 Å². The maximum atomic E-state index is 12.3. The van der Waals surface area contributed by atoms with Gasteiger partial charge in [0.15, 0.2) is 0 Å². The van der Waals surface area contributed by atoms with Gasteiger partial charge in [0.25, 0.3) is 0 Å². The molecule has 0 saturated heterocycles. The van der Waals surface area contributed by atoms with Crippen LogP contribution in [0.25, 0.3) is 22.9 Å². The van der Waals surface area contributed by atoms with Gasteiger partial charge in [-0.1, -0.05) is 23.8 Å². The number of nitrogens with one attached hydrogen (secondary N) is 1. The molecule has 1 heterocycles. The van der Waals surface area contributed by atoms with Gasteiger partial charge in [0.2, 0.25) is 21.8 Å². The molecule has 0 fully saturated rings. The number of aromatic nitrogens is 2. The van der Waals surface area contributed by atoms with E-state index in [1.54, 1.807) is 12.1 Å². The van der Waals surface area contributed by atoms with Crippen molar-refractivity contribution < 1.29 is 17.6 Å². The number of rotatable bonds is 7. The Morgan fingerprint density at radius 1 is 1.04 bits per heavy atom. The molecule has 0 unspecified atom stereocenters. The molecule has 26 heavy (non-hydrogen) atoms. The third-order valence-corrected chi connectivity index (χ3v) is 5.17. The zero-order valence-corrected chi connectivity index (χ0v) is 15.3. The van der Waals surface area contributed by atoms with Crippen LogP contribution < -0.4 is 4.72 Å². The van der Waals surface area contributed by atoms with E-state index in [1.165, 1.54) is 19.2 Å². The van der Waals surface area contributed by atoms with E-state index in [1.807, 2.05) is 31.2 Å². The lowest BCUT2D eigenvalue weighted by Crippen LogP contribution is -2.27. The number of benzene rings is 2. The van der Waals surface area contributed by atoms with Gasteiger partial charge in [0, 0.05) is 24.8 Å². The first-order chi connectivity index (χ1) is 12.5. The van der Waals surface area contributed by atoms with Crippen LogP contribution in [0.5, 0.6) is 0 Å². The largest absolute Gasteiger partial charge is 0.416 e. The second-order valence-corrected chi connectivity index (χ2v) is 7.46. The minimum absolute atomic E-state index is 0.126. The summed E-state index contributed by atoms with van der Waals surface area (Å²) in [6, 6.07) is 14.1. The van der Waals surface area contributed by atoms with Gasteiger partial charge in [0.1, 0.15) is 0 Å². The van der Waals surface area contributed by atoms with Crippen LogP contribution in [0.4, 0.5) is 0 Å². The molecule has 0 aliphatic carbocycles. The molecule has 0 aliphatic heterocycles. The molecule has 0 atom stereocenters. The monoisotopic (exact) mass is 373 g/mol. The summed E-state index contributed by atoms with van der Waals surface area (Å²) in [4.78, 5) is 0.126. The number of methoxy groups -OCH3 is 1. The van der Waals surface area contributed by atoms with Gasteiger partial charge >= 0.3 is 0 Å². The Balaban J connectivity index is 1.86. The zero-order chi connectivity index (χ0) is 18.6. The van der Waals surface area contributed by atoms with Gasteiger partial charge in [-0.15, -0.1) is 10.2 Å². The smallest absolute Gasteiger partial charge is 0.248 e. The molecule has 2 aromatic carbocycles. The third-order valence-electron chi connectivity index (χ3n) is 3.71. The molecule has 0 saturated carbocycles. The van der Waals surface area contributed by atoms with Crippen LogP contribution in [0.15, 0.2) is 57.8 Å². The summed E-state index contributed by atoms with van der Waals surface area (Å²) in [7, 11) is -2.12. The van der Waals surface area contributed by atoms with Gasteiger partial charge in [-0.25, -0.2) is 13.1 Å². The lowest BCUT2D eigenvalue weighted by molar-refractivity contribution is 0.204. The first kappa shape index (κ1) is 18.2. The molecule has 3 aromatic rings. The molecular weight excluding hydrogens is 354 g/mol. The van der Waals surface area contributed by atoms with E-state index in [0.29, 0.717) is 18.1 Å². The molecule has 1 N–H and O–H groups in total. The Morgan fingerprint density at radius 3 is 2.42 bits per heavy atom. The summed E-state index contributed by atoms with van der Waals surface area (Å²) in [5.74, 6) is 0.640. The molecule has 1 aromatic heterocycles. The van der Waals surface area contributed by atoms with Crippen LogP contribution in [0, 0.1) is 6.92 Å². The highest BCUT2D eigenvalue weighted by Crippen LogP contribution is 2.25. The third kappa shape index (κ3) is 4.16. The van der Waals surface area contributed by atoms with E-state index < -0.39 is 10.0 Å². The number of aryl methyl sites for hydroxylation is 1. The van der Waals surface area contributed by atoms with Crippen LogP contribution in [0.3, 0.4) is 0 Å². The van der Waals surface area contributed by atoms with Crippen molar-refractivity contribution in [3.63, 3.8) is 0 Å². The lowest BCUT2D eigenvalue weighted by atomic mass is 10.1. The SMILES string of the molecule is COCCNS(=O)(=O)c1cccc(-c2nnc(-c3ccc(C)cc3)o2)c1. The van der Waals surface area contributed by atoms with Crippen molar-refractivity contribution in [2.75, 3.05) is 20.3 Å². The summed E-state index contributed by atoms with van der Waals surface area (Å²) >= 11 is 0. The van der Waals surface area contributed by atoms with E-state index in [2.05, 4.69) is 14.9 Å². The summed E-state index contributed by atoms with van der Waals surface area (Å²) in [6.45, 7) is 2.49. The van der Waals surface area contributed by atoms with Gasteiger partial charge < -0.3 is 9.15 Å². The Labute approximate surface area is 152 Å². The second-order valence-electron chi connectivity index (χ2n) is 5.70. The average molecular weight is 373 g/mol. The molecule has 136 valence electrons. The van der Waals surface area contributed by atoms with Gasteiger partial charge in [-0.3, -0.25) is 0 Å². The molecule has 0 amide bonds. The molecule has 0 aliphatic rings. The van der Waals surface area contributed by atoms with E-state index in [9.17, 15) is 8.42 Å². The van der Waals surface area contributed by atoms with Crippen molar-refractivity contribution in [3.8, 4) is 22.9 Å². The van der Waals surface area contributed by atoms with Gasteiger partial charge in [-0.2, -0.15) is 0 Å². The molecule has 8 heteroatoms. The van der Waals surface area contributed by atoms with Gasteiger partial charge in [-0.05, 0) is 37.3 Å². The topological polar surface area (TPSA) is 94.3 Å². The van der Waals surface area contributed by atoms with Crippen LogP contribution in [-0.2, 0) is 14.8 Å². The van der Waals surface area contributed by atoms with Crippen molar-refractivity contribution in [1.29, 1.82) is 0 Å². The number of hydrogen-bond donors (Lipinski definition) is 1. The fourth-order valence-electron chi connectivity index (χ4n) is 2.31. The Hall–Kier alpha value is -2.55. The summed E-state index contributed by atoms with van der Waals surface area (Å²) in [5, 5.41) is 8.08. The van der Waals surface area contributed by atoms with Crippen molar-refractivity contribution in [2.24, 2.45) is 0 Å². The Kier molecular flexibility index (Phi) is 5.46. The standard InChI is InChI=1S/C18H19N3O4S/c1-13-6-8-14(9-7-13)17-20-21-18(25-17)15-4-3-5-16(12-15)26(22,23)19-10-11-24-2/h3-9,12,19H,10-11H2,1-2H3. The lowest BCUT2D eigenvalue weighted by Gasteiger charge is -2.06. The minimum atomic E-state index is -3.63. The van der Waals surface area contributed by atoms with Gasteiger partial charge in [0.05, 0.1) is 11.5 Å². The van der Waals surface area contributed by atoms with Crippen molar-refractivity contribution in [3.05, 3.63) is 54.1 Å². The second kappa shape index (κ2) is 7.77. The van der Waals surface area contributed by atoms with Crippen LogP contribution in [-0.4, -0.2) is 38.9 Å². The molecule has 7 nitrogen and oxygen atoms in total. The fraction of sp³-hybridized carbons (Fsp3) is 0.222.